The summed E-state index contributed by atoms with van der Waals surface area (Å²) in [7, 11) is -3.17. The van der Waals surface area contributed by atoms with Gasteiger partial charge >= 0.3 is 0 Å². The quantitative estimate of drug-likeness (QED) is 0.788. The summed E-state index contributed by atoms with van der Waals surface area (Å²) in [6, 6.07) is 7.57. The van der Waals surface area contributed by atoms with E-state index in [4.69, 9.17) is 0 Å². The molecule has 1 aromatic rings. The van der Waals surface area contributed by atoms with Crippen LogP contribution < -0.4 is 5.32 Å². The van der Waals surface area contributed by atoms with Crippen LogP contribution in [0.2, 0.25) is 0 Å². The molecule has 0 spiro atoms. The van der Waals surface area contributed by atoms with E-state index in [0.717, 1.165) is 24.9 Å². The summed E-state index contributed by atoms with van der Waals surface area (Å²) < 4.78 is 24.5. The van der Waals surface area contributed by atoms with Crippen LogP contribution in [-0.4, -0.2) is 20.2 Å². The van der Waals surface area contributed by atoms with Gasteiger partial charge in [0.15, 0.2) is 9.84 Å². The number of hydrogen-bond acceptors (Lipinski definition) is 3. The molecule has 0 aromatic heterocycles. The van der Waals surface area contributed by atoms with E-state index in [1.54, 1.807) is 12.1 Å². The molecule has 0 aliphatic carbocycles. The smallest absolute Gasteiger partial charge is 0.180 e. The molecule has 0 saturated carbocycles. The van der Waals surface area contributed by atoms with Crippen LogP contribution in [0.5, 0.6) is 0 Å². The Balaban J connectivity index is 3.02. The Labute approximate surface area is 117 Å². The van der Waals surface area contributed by atoms with E-state index in [0.29, 0.717) is 17.4 Å². The zero-order valence-corrected chi connectivity index (χ0v) is 13.0. The van der Waals surface area contributed by atoms with Crippen LogP contribution in [0, 0.1) is 0 Å². The molecule has 108 valence electrons. The van der Waals surface area contributed by atoms with Gasteiger partial charge in [-0.3, -0.25) is 0 Å². The van der Waals surface area contributed by atoms with Crippen molar-refractivity contribution in [2.75, 3.05) is 11.1 Å². The van der Waals surface area contributed by atoms with Crippen molar-refractivity contribution in [2.24, 2.45) is 0 Å². The van der Waals surface area contributed by atoms with Crippen molar-refractivity contribution in [3.05, 3.63) is 24.3 Å². The third-order valence-electron chi connectivity index (χ3n) is 3.18. The van der Waals surface area contributed by atoms with Gasteiger partial charge in [-0.25, -0.2) is 8.42 Å². The van der Waals surface area contributed by atoms with Crippen LogP contribution in [0.15, 0.2) is 29.2 Å². The van der Waals surface area contributed by atoms with Crippen molar-refractivity contribution in [3.63, 3.8) is 0 Å². The number of nitrogens with one attached hydrogen (secondary N) is 1. The zero-order valence-electron chi connectivity index (χ0n) is 12.1. The topological polar surface area (TPSA) is 46.2 Å². The Kier molecular flexibility index (Phi) is 6.35. The third-order valence-corrected chi connectivity index (χ3v) is 5.16. The Bertz CT molecular complexity index is 483. The molecule has 1 N–H and O–H groups in total. The number of para-hydroxylation sites is 1. The third kappa shape index (κ3) is 4.53. The maximum Gasteiger partial charge on any atom is 0.180 e. The SMILES string of the molecule is CCCC(CC)Nc1ccccc1S(=O)(=O)CCC. The monoisotopic (exact) mass is 283 g/mol. The van der Waals surface area contributed by atoms with Gasteiger partial charge in [0.25, 0.3) is 0 Å². The molecular formula is C15H25NO2S. The predicted octanol–water partition coefficient (Wildman–Crippen LogP) is 3.86. The molecule has 0 heterocycles. The van der Waals surface area contributed by atoms with Gasteiger partial charge in [0, 0.05) is 6.04 Å². The standard InChI is InChI=1S/C15H25NO2S/c1-4-9-13(6-3)16-14-10-7-8-11-15(14)19(17,18)12-5-2/h7-8,10-11,13,16H,4-6,9,12H2,1-3H3. The lowest BCUT2D eigenvalue weighted by Gasteiger charge is -2.20. The highest BCUT2D eigenvalue weighted by Gasteiger charge is 2.18. The number of rotatable bonds is 8. The van der Waals surface area contributed by atoms with E-state index in [-0.39, 0.29) is 5.75 Å². The fourth-order valence-electron chi connectivity index (χ4n) is 2.18. The molecule has 1 unspecified atom stereocenters. The van der Waals surface area contributed by atoms with Gasteiger partial charge in [0.1, 0.15) is 0 Å². The van der Waals surface area contributed by atoms with Crippen molar-refractivity contribution in [1.82, 2.24) is 0 Å². The summed E-state index contributed by atoms with van der Waals surface area (Å²) in [6.07, 6.45) is 3.78. The second kappa shape index (κ2) is 7.53. The van der Waals surface area contributed by atoms with Crippen molar-refractivity contribution >= 4 is 15.5 Å². The maximum atomic E-state index is 12.2. The largest absolute Gasteiger partial charge is 0.381 e. The first-order valence-corrected chi connectivity index (χ1v) is 8.78. The second-order valence-electron chi connectivity index (χ2n) is 4.85. The van der Waals surface area contributed by atoms with Crippen LogP contribution in [0.1, 0.15) is 46.5 Å². The average molecular weight is 283 g/mol. The van der Waals surface area contributed by atoms with Crippen molar-refractivity contribution in [2.45, 2.75) is 57.4 Å². The van der Waals surface area contributed by atoms with E-state index < -0.39 is 9.84 Å². The number of benzene rings is 1. The van der Waals surface area contributed by atoms with Gasteiger partial charge in [0.2, 0.25) is 0 Å². The second-order valence-corrected chi connectivity index (χ2v) is 6.93. The zero-order chi connectivity index (χ0) is 14.3. The van der Waals surface area contributed by atoms with Crippen LogP contribution in [0.3, 0.4) is 0 Å². The molecule has 0 fully saturated rings. The number of anilines is 1. The summed E-state index contributed by atoms with van der Waals surface area (Å²) >= 11 is 0. The molecule has 4 heteroatoms. The summed E-state index contributed by atoms with van der Waals surface area (Å²) in [4.78, 5) is 0.436. The van der Waals surface area contributed by atoms with Crippen LogP contribution >= 0.6 is 0 Å². The first-order chi connectivity index (χ1) is 9.05. The number of hydrogen-bond donors (Lipinski definition) is 1. The fraction of sp³-hybridized carbons (Fsp3) is 0.600. The van der Waals surface area contributed by atoms with Crippen LogP contribution in [-0.2, 0) is 9.84 Å². The molecule has 1 aromatic carbocycles. The molecule has 19 heavy (non-hydrogen) atoms. The lowest BCUT2D eigenvalue weighted by atomic mass is 10.1. The summed E-state index contributed by atoms with van der Waals surface area (Å²) in [5.74, 6) is 0.205. The predicted molar refractivity (Wildman–Crippen MR) is 81.4 cm³/mol. The lowest BCUT2D eigenvalue weighted by Crippen LogP contribution is -2.20. The molecule has 1 atom stereocenters. The molecule has 0 radical (unpaired) electrons. The van der Waals surface area contributed by atoms with Crippen molar-refractivity contribution < 1.29 is 8.42 Å². The molecule has 3 nitrogen and oxygen atoms in total. The minimum atomic E-state index is -3.17. The molecule has 0 saturated heterocycles. The van der Waals surface area contributed by atoms with E-state index in [1.165, 1.54) is 0 Å². The molecule has 0 aliphatic heterocycles. The normalized spacial score (nSPS) is 13.2. The van der Waals surface area contributed by atoms with Gasteiger partial charge in [-0.15, -0.1) is 0 Å². The Morgan fingerprint density at radius 3 is 2.37 bits per heavy atom. The molecule has 1 rings (SSSR count). The van der Waals surface area contributed by atoms with E-state index in [9.17, 15) is 8.42 Å². The summed E-state index contributed by atoms with van der Waals surface area (Å²) in [5, 5.41) is 3.38. The van der Waals surface area contributed by atoms with E-state index in [1.807, 2.05) is 19.1 Å². The Morgan fingerprint density at radius 2 is 1.79 bits per heavy atom. The Hall–Kier alpha value is -1.03. The minimum Gasteiger partial charge on any atom is -0.381 e. The van der Waals surface area contributed by atoms with Gasteiger partial charge in [-0.1, -0.05) is 39.3 Å². The van der Waals surface area contributed by atoms with E-state index in [2.05, 4.69) is 19.2 Å². The Morgan fingerprint density at radius 1 is 1.11 bits per heavy atom. The number of sulfone groups is 1. The first-order valence-electron chi connectivity index (χ1n) is 7.13. The van der Waals surface area contributed by atoms with E-state index >= 15 is 0 Å². The molecule has 0 aliphatic rings. The van der Waals surface area contributed by atoms with Gasteiger partial charge < -0.3 is 5.32 Å². The highest BCUT2D eigenvalue weighted by atomic mass is 32.2. The highest BCUT2D eigenvalue weighted by molar-refractivity contribution is 7.91. The molecule has 0 bridgehead atoms. The summed E-state index contributed by atoms with van der Waals surface area (Å²) in [6.45, 7) is 6.15. The van der Waals surface area contributed by atoms with Crippen molar-refractivity contribution in [3.8, 4) is 0 Å². The summed E-state index contributed by atoms with van der Waals surface area (Å²) in [5.41, 5.74) is 0.747. The first kappa shape index (κ1) is 16.0. The lowest BCUT2D eigenvalue weighted by molar-refractivity contribution is 0.593. The fourth-order valence-corrected chi connectivity index (χ4v) is 3.69. The van der Waals surface area contributed by atoms with Crippen molar-refractivity contribution in [1.29, 1.82) is 0 Å². The van der Waals surface area contributed by atoms with Gasteiger partial charge in [-0.05, 0) is 31.4 Å². The van der Waals surface area contributed by atoms with Gasteiger partial charge in [-0.2, -0.15) is 0 Å². The molecule has 0 amide bonds. The maximum absolute atomic E-state index is 12.2. The van der Waals surface area contributed by atoms with Crippen LogP contribution in [0.4, 0.5) is 5.69 Å². The highest BCUT2D eigenvalue weighted by Crippen LogP contribution is 2.24. The molecular weight excluding hydrogens is 258 g/mol. The van der Waals surface area contributed by atoms with Crippen LogP contribution in [0.25, 0.3) is 0 Å². The minimum absolute atomic E-state index is 0.205. The van der Waals surface area contributed by atoms with Gasteiger partial charge in [0.05, 0.1) is 16.3 Å². The average Bonchev–Trinajstić information content (AvgIpc) is 2.38.